The van der Waals surface area contributed by atoms with Gasteiger partial charge in [0.25, 0.3) is 0 Å². The molecular formula is C50H32. The van der Waals surface area contributed by atoms with Gasteiger partial charge in [0.1, 0.15) is 0 Å². The van der Waals surface area contributed by atoms with Crippen molar-refractivity contribution >= 4 is 53.9 Å². The lowest BCUT2D eigenvalue weighted by Crippen LogP contribution is -1.92. The molecule has 0 heteroatoms. The van der Waals surface area contributed by atoms with Crippen LogP contribution in [0.25, 0.3) is 98.4 Å². The van der Waals surface area contributed by atoms with Gasteiger partial charge in [-0.3, -0.25) is 0 Å². The summed E-state index contributed by atoms with van der Waals surface area (Å²) in [5, 5.41) is 12.6. The van der Waals surface area contributed by atoms with Crippen LogP contribution in [0.15, 0.2) is 194 Å². The van der Waals surface area contributed by atoms with E-state index >= 15 is 0 Å². The summed E-state index contributed by atoms with van der Waals surface area (Å²) in [6, 6.07) is 71.4. The standard InChI is InChI=1S/C50H32/c1-2-11-33(12-3-1)38-23-24-41-32-43(26-25-40(41)30-38)48-45-19-8-9-20-46(45)49(50-44-18-7-6-14-35(44)27-28-47(48)50)42-17-10-16-37(31-42)39-22-21-34-13-4-5-15-36(34)29-39/h1-32H. The quantitative estimate of drug-likeness (QED) is 0.134. The van der Waals surface area contributed by atoms with E-state index in [2.05, 4.69) is 194 Å². The second kappa shape index (κ2) is 11.6. The molecule has 0 atom stereocenters. The average Bonchev–Trinajstić information content (AvgIpc) is 3.19. The van der Waals surface area contributed by atoms with E-state index in [0.717, 1.165) is 0 Å². The summed E-state index contributed by atoms with van der Waals surface area (Å²) in [4.78, 5) is 0. The Morgan fingerprint density at radius 2 is 0.660 bits per heavy atom. The Morgan fingerprint density at radius 1 is 0.200 bits per heavy atom. The molecule has 0 radical (unpaired) electrons. The Kier molecular flexibility index (Phi) is 6.60. The Hall–Kier alpha value is -6.50. The van der Waals surface area contributed by atoms with Crippen LogP contribution in [0.2, 0.25) is 0 Å². The average molecular weight is 633 g/mol. The Bertz CT molecular complexity index is 2910. The molecule has 0 aliphatic heterocycles. The molecule has 10 aromatic rings. The molecule has 0 amide bonds. The molecule has 0 heterocycles. The van der Waals surface area contributed by atoms with E-state index in [0.29, 0.717) is 0 Å². The molecule has 0 bridgehead atoms. The van der Waals surface area contributed by atoms with E-state index < -0.39 is 0 Å². The molecule has 0 aliphatic rings. The largest absolute Gasteiger partial charge is 0.0622 e. The van der Waals surface area contributed by atoms with Crippen molar-refractivity contribution in [2.45, 2.75) is 0 Å². The first-order chi connectivity index (χ1) is 24.8. The maximum absolute atomic E-state index is 2.38. The third-order valence-electron chi connectivity index (χ3n) is 10.4. The zero-order valence-corrected chi connectivity index (χ0v) is 27.5. The molecule has 0 unspecified atom stereocenters. The van der Waals surface area contributed by atoms with E-state index in [1.165, 1.54) is 98.4 Å². The van der Waals surface area contributed by atoms with Crippen LogP contribution in [0.5, 0.6) is 0 Å². The molecule has 0 fully saturated rings. The summed E-state index contributed by atoms with van der Waals surface area (Å²) in [5.41, 5.74) is 9.96. The Morgan fingerprint density at radius 3 is 1.44 bits per heavy atom. The maximum Gasteiger partial charge on any atom is -0.00141 e. The highest BCUT2D eigenvalue weighted by atomic mass is 14.2. The lowest BCUT2D eigenvalue weighted by Gasteiger charge is -2.20. The van der Waals surface area contributed by atoms with Gasteiger partial charge in [-0.25, -0.2) is 0 Å². The molecule has 0 aliphatic carbocycles. The molecule has 232 valence electrons. The van der Waals surface area contributed by atoms with Crippen LogP contribution >= 0.6 is 0 Å². The molecule has 50 heavy (non-hydrogen) atoms. The summed E-state index contributed by atoms with van der Waals surface area (Å²) < 4.78 is 0. The number of fused-ring (bicyclic) bond motifs is 6. The van der Waals surface area contributed by atoms with Gasteiger partial charge in [-0.05, 0) is 123 Å². The van der Waals surface area contributed by atoms with Gasteiger partial charge in [0, 0.05) is 0 Å². The van der Waals surface area contributed by atoms with E-state index in [4.69, 9.17) is 0 Å². The fourth-order valence-electron chi connectivity index (χ4n) is 7.99. The third-order valence-corrected chi connectivity index (χ3v) is 10.4. The Labute approximate surface area is 291 Å². The second-order valence-electron chi connectivity index (χ2n) is 13.3. The van der Waals surface area contributed by atoms with Crippen LogP contribution in [0.4, 0.5) is 0 Å². The minimum Gasteiger partial charge on any atom is -0.0622 e. The van der Waals surface area contributed by atoms with Crippen molar-refractivity contribution in [2.75, 3.05) is 0 Å². The van der Waals surface area contributed by atoms with Gasteiger partial charge in [-0.1, -0.05) is 170 Å². The first-order valence-corrected chi connectivity index (χ1v) is 17.3. The monoisotopic (exact) mass is 632 g/mol. The van der Waals surface area contributed by atoms with Gasteiger partial charge in [0.2, 0.25) is 0 Å². The highest BCUT2D eigenvalue weighted by molar-refractivity contribution is 6.28. The normalized spacial score (nSPS) is 11.6. The third kappa shape index (κ3) is 4.69. The van der Waals surface area contributed by atoms with E-state index in [1.807, 2.05) is 0 Å². The number of benzene rings is 10. The van der Waals surface area contributed by atoms with Crippen LogP contribution in [0.3, 0.4) is 0 Å². The second-order valence-corrected chi connectivity index (χ2v) is 13.3. The zero-order chi connectivity index (χ0) is 33.0. The fourth-order valence-corrected chi connectivity index (χ4v) is 7.99. The predicted molar refractivity (Wildman–Crippen MR) is 216 cm³/mol. The van der Waals surface area contributed by atoms with Crippen molar-refractivity contribution in [1.82, 2.24) is 0 Å². The van der Waals surface area contributed by atoms with Gasteiger partial charge < -0.3 is 0 Å². The SMILES string of the molecule is c1ccc(-c2ccc3cc(-c4c5ccccc5c(-c5cccc(-c6ccc7ccccc7c6)c5)c5c4ccc4ccccc45)ccc3c2)cc1. The molecule has 10 rings (SSSR count). The minimum atomic E-state index is 1.22. The van der Waals surface area contributed by atoms with Crippen LogP contribution in [-0.2, 0) is 0 Å². The Balaban J connectivity index is 1.23. The highest BCUT2D eigenvalue weighted by Crippen LogP contribution is 2.47. The molecule has 0 saturated carbocycles. The van der Waals surface area contributed by atoms with Gasteiger partial charge in [0.15, 0.2) is 0 Å². The van der Waals surface area contributed by atoms with Crippen LogP contribution in [0, 0.1) is 0 Å². The minimum absolute atomic E-state index is 1.22. The molecule has 0 saturated heterocycles. The van der Waals surface area contributed by atoms with Crippen molar-refractivity contribution < 1.29 is 0 Å². The van der Waals surface area contributed by atoms with Crippen LogP contribution in [-0.4, -0.2) is 0 Å². The topological polar surface area (TPSA) is 0 Å². The lowest BCUT2D eigenvalue weighted by atomic mass is 9.83. The number of hydrogen-bond acceptors (Lipinski definition) is 0. The number of rotatable bonds is 4. The van der Waals surface area contributed by atoms with Crippen molar-refractivity contribution in [2.24, 2.45) is 0 Å². The molecule has 0 spiro atoms. The van der Waals surface area contributed by atoms with Gasteiger partial charge in [-0.2, -0.15) is 0 Å². The molecule has 0 aromatic heterocycles. The van der Waals surface area contributed by atoms with Gasteiger partial charge >= 0.3 is 0 Å². The zero-order valence-electron chi connectivity index (χ0n) is 27.5. The predicted octanol–water partition coefficient (Wildman–Crippen LogP) is 14.1. The summed E-state index contributed by atoms with van der Waals surface area (Å²) in [7, 11) is 0. The summed E-state index contributed by atoms with van der Waals surface area (Å²) in [6.07, 6.45) is 0. The maximum atomic E-state index is 2.38. The van der Waals surface area contributed by atoms with E-state index in [1.54, 1.807) is 0 Å². The summed E-state index contributed by atoms with van der Waals surface area (Å²) in [5.74, 6) is 0. The number of hydrogen-bond donors (Lipinski definition) is 0. The molecule has 0 N–H and O–H groups in total. The molecule has 0 nitrogen and oxygen atoms in total. The highest BCUT2D eigenvalue weighted by Gasteiger charge is 2.19. The van der Waals surface area contributed by atoms with Crippen LogP contribution < -0.4 is 0 Å². The van der Waals surface area contributed by atoms with Crippen LogP contribution in [0.1, 0.15) is 0 Å². The van der Waals surface area contributed by atoms with Crippen molar-refractivity contribution in [3.05, 3.63) is 194 Å². The van der Waals surface area contributed by atoms with Gasteiger partial charge in [0.05, 0.1) is 0 Å². The van der Waals surface area contributed by atoms with Gasteiger partial charge in [-0.15, -0.1) is 0 Å². The van der Waals surface area contributed by atoms with Crippen molar-refractivity contribution in [3.8, 4) is 44.5 Å². The van der Waals surface area contributed by atoms with Crippen molar-refractivity contribution in [1.29, 1.82) is 0 Å². The summed E-state index contributed by atoms with van der Waals surface area (Å²) >= 11 is 0. The first kappa shape index (κ1) is 28.5. The molecular weight excluding hydrogens is 601 g/mol. The molecule has 10 aromatic carbocycles. The fraction of sp³-hybridized carbons (Fsp3) is 0. The summed E-state index contributed by atoms with van der Waals surface area (Å²) in [6.45, 7) is 0. The van der Waals surface area contributed by atoms with Crippen molar-refractivity contribution in [3.63, 3.8) is 0 Å². The smallest absolute Gasteiger partial charge is 0.00141 e. The lowest BCUT2D eigenvalue weighted by molar-refractivity contribution is 1.63. The van der Waals surface area contributed by atoms with E-state index in [-0.39, 0.29) is 0 Å². The van der Waals surface area contributed by atoms with E-state index in [9.17, 15) is 0 Å². The first-order valence-electron chi connectivity index (χ1n) is 17.3.